The van der Waals surface area contributed by atoms with Gasteiger partial charge in [-0.1, -0.05) is 36.7 Å². The Morgan fingerprint density at radius 2 is 1.84 bits per heavy atom. The number of hydrogen-bond donors (Lipinski definition) is 1. The van der Waals surface area contributed by atoms with E-state index in [2.05, 4.69) is 0 Å². The van der Waals surface area contributed by atoms with E-state index >= 15 is 0 Å². The molecule has 2 rings (SSSR count). The summed E-state index contributed by atoms with van der Waals surface area (Å²) in [5.41, 5.74) is 0.566. The van der Waals surface area contributed by atoms with Crippen molar-refractivity contribution in [3.8, 4) is 0 Å². The van der Waals surface area contributed by atoms with Crippen molar-refractivity contribution in [3.05, 3.63) is 57.2 Å². The number of ketones is 1. The van der Waals surface area contributed by atoms with Gasteiger partial charge in [0.25, 0.3) is 0 Å². The van der Waals surface area contributed by atoms with E-state index < -0.39 is 5.97 Å². The van der Waals surface area contributed by atoms with Crippen LogP contribution in [-0.4, -0.2) is 16.9 Å². The number of aliphatic carboxylic acids is 1. The molecule has 0 fully saturated rings. The summed E-state index contributed by atoms with van der Waals surface area (Å²) in [6.45, 7) is 1.60. The van der Waals surface area contributed by atoms with Crippen LogP contribution in [0.25, 0.3) is 0 Å². The number of carboxylic acid groups (broad SMARTS) is 1. The standard InChI is InChI=1S/C11H7ClOS.C3H6O2/c12-9-5-2-1-4-8(9)11(13)10-6-3-7-14-10;1-2-3(4)5/h1-7H;2H2,1H3,(H,4,5). The van der Waals surface area contributed by atoms with Gasteiger partial charge in [0.15, 0.2) is 0 Å². The van der Waals surface area contributed by atoms with Crippen LogP contribution in [0.3, 0.4) is 0 Å². The minimum Gasteiger partial charge on any atom is -0.481 e. The van der Waals surface area contributed by atoms with Gasteiger partial charge in [-0.3, -0.25) is 9.59 Å². The fourth-order valence-corrected chi connectivity index (χ4v) is 2.09. The zero-order valence-electron chi connectivity index (χ0n) is 10.3. The summed E-state index contributed by atoms with van der Waals surface area (Å²) >= 11 is 7.35. The predicted molar refractivity (Wildman–Crippen MR) is 77.1 cm³/mol. The van der Waals surface area contributed by atoms with Crippen molar-refractivity contribution in [3.63, 3.8) is 0 Å². The van der Waals surface area contributed by atoms with Gasteiger partial charge in [-0.15, -0.1) is 11.3 Å². The second-order valence-corrected chi connectivity index (χ2v) is 4.89. The number of benzene rings is 1. The summed E-state index contributed by atoms with van der Waals surface area (Å²) in [6.07, 6.45) is 0.222. The number of carbonyl (C=O) groups is 2. The quantitative estimate of drug-likeness (QED) is 0.867. The lowest BCUT2D eigenvalue weighted by Crippen LogP contribution is -1.98. The summed E-state index contributed by atoms with van der Waals surface area (Å²) in [5, 5.41) is 10.1. The lowest BCUT2D eigenvalue weighted by molar-refractivity contribution is -0.136. The summed E-state index contributed by atoms with van der Waals surface area (Å²) < 4.78 is 0. The zero-order chi connectivity index (χ0) is 14.3. The van der Waals surface area contributed by atoms with E-state index in [4.69, 9.17) is 16.7 Å². The fourth-order valence-electron chi connectivity index (χ4n) is 1.19. The van der Waals surface area contributed by atoms with Crippen molar-refractivity contribution in [2.75, 3.05) is 0 Å². The lowest BCUT2D eigenvalue weighted by Gasteiger charge is -1.99. The monoisotopic (exact) mass is 296 g/mol. The molecule has 0 aliphatic carbocycles. The smallest absolute Gasteiger partial charge is 0.303 e. The van der Waals surface area contributed by atoms with Gasteiger partial charge in [0.2, 0.25) is 5.78 Å². The molecule has 0 spiro atoms. The normalized spacial score (nSPS) is 9.37. The van der Waals surface area contributed by atoms with E-state index in [0.717, 1.165) is 4.88 Å². The van der Waals surface area contributed by atoms with Gasteiger partial charge in [0.1, 0.15) is 0 Å². The van der Waals surface area contributed by atoms with Crippen molar-refractivity contribution in [1.29, 1.82) is 0 Å². The molecule has 1 aromatic carbocycles. The molecule has 1 heterocycles. The van der Waals surface area contributed by atoms with Crippen LogP contribution in [0.15, 0.2) is 41.8 Å². The maximum absolute atomic E-state index is 11.9. The molecule has 2 aromatic rings. The van der Waals surface area contributed by atoms with Crippen LogP contribution in [0.1, 0.15) is 28.6 Å². The highest BCUT2D eigenvalue weighted by Crippen LogP contribution is 2.21. The van der Waals surface area contributed by atoms with E-state index in [0.29, 0.717) is 10.6 Å². The fraction of sp³-hybridized carbons (Fsp3) is 0.143. The Bertz CT molecular complexity index is 550. The molecule has 0 saturated carbocycles. The Kier molecular flexibility index (Phi) is 6.25. The molecule has 1 aromatic heterocycles. The zero-order valence-corrected chi connectivity index (χ0v) is 11.9. The van der Waals surface area contributed by atoms with Gasteiger partial charge in [0, 0.05) is 12.0 Å². The molecule has 0 bridgehead atoms. The second-order valence-electron chi connectivity index (χ2n) is 3.53. The molecule has 1 N–H and O–H groups in total. The van der Waals surface area contributed by atoms with Crippen LogP contribution < -0.4 is 0 Å². The Hall–Kier alpha value is -1.65. The van der Waals surface area contributed by atoms with Crippen LogP contribution >= 0.6 is 22.9 Å². The number of carboxylic acids is 1. The molecule has 0 amide bonds. The van der Waals surface area contributed by atoms with Crippen molar-refractivity contribution in [1.82, 2.24) is 0 Å². The van der Waals surface area contributed by atoms with E-state index in [9.17, 15) is 9.59 Å². The molecule has 19 heavy (non-hydrogen) atoms. The Balaban J connectivity index is 0.000000312. The average Bonchev–Trinajstić information content (AvgIpc) is 2.93. The molecule has 3 nitrogen and oxygen atoms in total. The van der Waals surface area contributed by atoms with Crippen LogP contribution in [0, 0.1) is 0 Å². The largest absolute Gasteiger partial charge is 0.481 e. The van der Waals surface area contributed by atoms with Gasteiger partial charge in [0.05, 0.1) is 9.90 Å². The minimum atomic E-state index is -0.745. The lowest BCUT2D eigenvalue weighted by atomic mass is 10.1. The highest BCUT2D eigenvalue weighted by atomic mass is 35.5. The molecule has 100 valence electrons. The number of halogens is 1. The number of carbonyl (C=O) groups excluding carboxylic acids is 1. The third-order valence-electron chi connectivity index (χ3n) is 2.17. The van der Waals surface area contributed by atoms with Gasteiger partial charge in [-0.25, -0.2) is 0 Å². The van der Waals surface area contributed by atoms with Crippen molar-refractivity contribution >= 4 is 34.7 Å². The number of rotatable bonds is 3. The van der Waals surface area contributed by atoms with Crippen LogP contribution in [0.2, 0.25) is 5.02 Å². The highest BCUT2D eigenvalue weighted by molar-refractivity contribution is 7.12. The Labute approximate surface area is 120 Å². The van der Waals surface area contributed by atoms with E-state index in [1.807, 2.05) is 23.6 Å². The van der Waals surface area contributed by atoms with Crippen LogP contribution in [0.4, 0.5) is 0 Å². The SMILES string of the molecule is CCC(=O)O.O=C(c1cccs1)c1ccccc1Cl. The van der Waals surface area contributed by atoms with Crippen LogP contribution in [0.5, 0.6) is 0 Å². The first-order chi connectivity index (χ1) is 9.06. The number of hydrogen-bond acceptors (Lipinski definition) is 3. The first kappa shape index (κ1) is 15.4. The minimum absolute atomic E-state index is 0.00870. The number of thiophene rings is 1. The summed E-state index contributed by atoms with van der Waals surface area (Å²) in [6, 6.07) is 10.7. The predicted octanol–water partition coefficient (Wildman–Crippen LogP) is 4.11. The Morgan fingerprint density at radius 3 is 2.32 bits per heavy atom. The molecule has 5 heteroatoms. The van der Waals surface area contributed by atoms with Crippen LogP contribution in [-0.2, 0) is 4.79 Å². The molecule has 0 unspecified atom stereocenters. The molecule has 0 atom stereocenters. The van der Waals surface area contributed by atoms with Crippen molar-refractivity contribution < 1.29 is 14.7 Å². The molecular weight excluding hydrogens is 284 g/mol. The van der Waals surface area contributed by atoms with E-state index in [-0.39, 0.29) is 12.2 Å². The molecule has 0 saturated heterocycles. The molecule has 0 aliphatic rings. The van der Waals surface area contributed by atoms with Gasteiger partial charge < -0.3 is 5.11 Å². The topological polar surface area (TPSA) is 54.4 Å². The molecule has 0 radical (unpaired) electrons. The highest BCUT2D eigenvalue weighted by Gasteiger charge is 2.12. The van der Waals surface area contributed by atoms with E-state index in [1.54, 1.807) is 25.1 Å². The first-order valence-corrected chi connectivity index (χ1v) is 6.86. The average molecular weight is 297 g/mol. The maximum atomic E-state index is 11.9. The van der Waals surface area contributed by atoms with Gasteiger partial charge in [-0.05, 0) is 23.6 Å². The van der Waals surface area contributed by atoms with E-state index in [1.165, 1.54) is 11.3 Å². The third kappa shape index (κ3) is 4.85. The second kappa shape index (κ2) is 7.71. The van der Waals surface area contributed by atoms with Gasteiger partial charge in [-0.2, -0.15) is 0 Å². The maximum Gasteiger partial charge on any atom is 0.303 e. The molecular formula is C14H13ClO3S. The summed E-state index contributed by atoms with van der Waals surface area (Å²) in [7, 11) is 0. The third-order valence-corrected chi connectivity index (χ3v) is 3.36. The molecule has 0 aliphatic heterocycles. The summed E-state index contributed by atoms with van der Waals surface area (Å²) in [5.74, 6) is -0.754. The van der Waals surface area contributed by atoms with Crippen molar-refractivity contribution in [2.45, 2.75) is 13.3 Å². The summed E-state index contributed by atoms with van der Waals surface area (Å²) in [4.78, 5) is 21.9. The Morgan fingerprint density at radius 1 is 1.21 bits per heavy atom. The van der Waals surface area contributed by atoms with Gasteiger partial charge >= 0.3 is 5.97 Å². The first-order valence-electron chi connectivity index (χ1n) is 5.60. The van der Waals surface area contributed by atoms with Crippen molar-refractivity contribution in [2.24, 2.45) is 0 Å².